The van der Waals surface area contributed by atoms with Gasteiger partial charge in [-0.05, 0) is 60.4 Å². The van der Waals surface area contributed by atoms with E-state index < -0.39 is 23.8 Å². The van der Waals surface area contributed by atoms with Gasteiger partial charge >= 0.3 is 12.2 Å². The molecule has 4 nitrogen and oxygen atoms in total. The molecule has 0 bridgehead atoms. The minimum atomic E-state index is -4.39. The Morgan fingerprint density at radius 3 is 2.77 bits per heavy atom. The molecule has 26 heavy (non-hydrogen) atoms. The fourth-order valence-electron chi connectivity index (χ4n) is 3.39. The molecule has 0 saturated heterocycles. The van der Waals surface area contributed by atoms with E-state index >= 15 is 0 Å². The Kier molecular flexibility index (Phi) is 3.86. The standard InChI is InChI=1S/C19H16F3N3O/c20-19(21,22)13-3-1-11-2-5-17(15(11)10-13)25-18(26)24-14-4-6-16-12(9-14)7-8-23-16/h1,3-4,6-10,17,23H,2,5H2,(H2,24,25,26). The van der Waals surface area contributed by atoms with Crippen LogP contribution in [0.4, 0.5) is 23.7 Å². The normalized spacial score (nSPS) is 16.5. The van der Waals surface area contributed by atoms with Crippen molar-refractivity contribution in [3.63, 3.8) is 0 Å². The van der Waals surface area contributed by atoms with Crippen LogP contribution in [0.2, 0.25) is 0 Å². The summed E-state index contributed by atoms with van der Waals surface area (Å²) in [5, 5.41) is 6.48. The van der Waals surface area contributed by atoms with Crippen LogP contribution < -0.4 is 10.6 Å². The average Bonchev–Trinajstić information content (AvgIpc) is 3.20. The number of rotatable bonds is 2. The number of carbonyl (C=O) groups excluding carboxylic acids is 1. The Labute approximate surface area is 147 Å². The fourth-order valence-corrected chi connectivity index (χ4v) is 3.39. The molecule has 2 amide bonds. The molecule has 1 aromatic heterocycles. The van der Waals surface area contributed by atoms with Crippen LogP contribution in [0, 0.1) is 0 Å². The average molecular weight is 359 g/mol. The number of anilines is 1. The van der Waals surface area contributed by atoms with E-state index in [1.807, 2.05) is 24.4 Å². The molecule has 0 radical (unpaired) electrons. The Balaban J connectivity index is 1.49. The van der Waals surface area contributed by atoms with Gasteiger partial charge in [0, 0.05) is 22.8 Å². The van der Waals surface area contributed by atoms with Gasteiger partial charge < -0.3 is 15.6 Å². The highest BCUT2D eigenvalue weighted by atomic mass is 19.4. The zero-order valence-corrected chi connectivity index (χ0v) is 13.7. The molecule has 0 saturated carbocycles. The van der Waals surface area contributed by atoms with Crippen LogP contribution in [-0.4, -0.2) is 11.0 Å². The maximum Gasteiger partial charge on any atom is 0.416 e. The number of amides is 2. The molecule has 1 unspecified atom stereocenters. The predicted octanol–water partition coefficient (Wildman–Crippen LogP) is 5.00. The van der Waals surface area contributed by atoms with Gasteiger partial charge in [0.15, 0.2) is 0 Å². The number of alkyl halides is 3. The number of hydrogen-bond donors (Lipinski definition) is 3. The summed E-state index contributed by atoms with van der Waals surface area (Å²) in [6.45, 7) is 0. The fraction of sp³-hybridized carbons (Fsp3) is 0.211. The van der Waals surface area contributed by atoms with E-state index in [9.17, 15) is 18.0 Å². The Hall–Kier alpha value is -2.96. The van der Waals surface area contributed by atoms with Crippen LogP contribution in [0.1, 0.15) is 29.2 Å². The van der Waals surface area contributed by atoms with Gasteiger partial charge in [-0.25, -0.2) is 4.79 Å². The number of halogens is 3. The third kappa shape index (κ3) is 3.12. The quantitative estimate of drug-likeness (QED) is 0.593. The summed E-state index contributed by atoms with van der Waals surface area (Å²) in [6, 6.07) is 10.2. The highest BCUT2D eigenvalue weighted by molar-refractivity contribution is 5.93. The third-order valence-electron chi connectivity index (χ3n) is 4.67. The molecule has 0 fully saturated rings. The van der Waals surface area contributed by atoms with Gasteiger partial charge in [-0.3, -0.25) is 0 Å². The third-order valence-corrected chi connectivity index (χ3v) is 4.67. The maximum atomic E-state index is 12.9. The molecular formula is C19H16F3N3O. The highest BCUT2D eigenvalue weighted by Crippen LogP contribution is 2.37. The first-order valence-electron chi connectivity index (χ1n) is 8.25. The SMILES string of the molecule is O=C(Nc1ccc2[nH]ccc2c1)NC1CCc2ccc(C(F)(F)F)cc21. The number of nitrogens with one attached hydrogen (secondary N) is 3. The molecule has 1 aliphatic carbocycles. The molecule has 4 rings (SSSR count). The number of carbonyl (C=O) groups is 1. The molecule has 134 valence electrons. The summed E-state index contributed by atoms with van der Waals surface area (Å²) in [6.07, 6.45) is -1.35. The highest BCUT2D eigenvalue weighted by Gasteiger charge is 2.33. The lowest BCUT2D eigenvalue weighted by Gasteiger charge is -2.16. The van der Waals surface area contributed by atoms with Gasteiger partial charge in [0.1, 0.15) is 0 Å². The minimum absolute atomic E-state index is 0.428. The van der Waals surface area contributed by atoms with Crippen molar-refractivity contribution < 1.29 is 18.0 Å². The summed E-state index contributed by atoms with van der Waals surface area (Å²) in [5.74, 6) is 0. The Morgan fingerprint density at radius 2 is 1.96 bits per heavy atom. The number of fused-ring (bicyclic) bond motifs is 2. The van der Waals surface area contributed by atoms with Crippen molar-refractivity contribution >= 4 is 22.6 Å². The van der Waals surface area contributed by atoms with E-state index in [1.54, 1.807) is 6.07 Å². The van der Waals surface area contributed by atoms with E-state index in [0.29, 0.717) is 24.1 Å². The van der Waals surface area contributed by atoms with Crippen molar-refractivity contribution in [2.75, 3.05) is 5.32 Å². The summed E-state index contributed by atoms with van der Waals surface area (Å²) in [4.78, 5) is 15.3. The van der Waals surface area contributed by atoms with Crippen LogP contribution in [0.5, 0.6) is 0 Å². The zero-order chi connectivity index (χ0) is 18.3. The first-order valence-corrected chi connectivity index (χ1v) is 8.25. The van der Waals surface area contributed by atoms with Crippen molar-refractivity contribution in [2.45, 2.75) is 25.1 Å². The lowest BCUT2D eigenvalue weighted by molar-refractivity contribution is -0.137. The second kappa shape index (κ2) is 6.09. The van der Waals surface area contributed by atoms with Crippen molar-refractivity contribution in [2.24, 2.45) is 0 Å². The lowest BCUT2D eigenvalue weighted by atomic mass is 10.0. The van der Waals surface area contributed by atoms with Crippen molar-refractivity contribution in [3.05, 3.63) is 65.4 Å². The number of aromatic nitrogens is 1. The number of aryl methyl sites for hydroxylation is 1. The molecule has 1 aliphatic rings. The van der Waals surface area contributed by atoms with Crippen LogP contribution in [-0.2, 0) is 12.6 Å². The van der Waals surface area contributed by atoms with Crippen molar-refractivity contribution in [1.29, 1.82) is 0 Å². The van der Waals surface area contributed by atoms with Gasteiger partial charge in [-0.2, -0.15) is 13.2 Å². The zero-order valence-electron chi connectivity index (χ0n) is 13.7. The van der Waals surface area contributed by atoms with Crippen LogP contribution >= 0.6 is 0 Å². The van der Waals surface area contributed by atoms with E-state index in [4.69, 9.17) is 0 Å². The van der Waals surface area contributed by atoms with E-state index in [2.05, 4.69) is 15.6 Å². The van der Waals surface area contributed by atoms with Gasteiger partial charge in [0.25, 0.3) is 0 Å². The number of benzene rings is 2. The molecule has 2 aromatic carbocycles. The largest absolute Gasteiger partial charge is 0.416 e. The van der Waals surface area contributed by atoms with Crippen LogP contribution in [0.25, 0.3) is 10.9 Å². The second-order valence-electron chi connectivity index (χ2n) is 6.38. The molecule has 0 aliphatic heterocycles. The Morgan fingerprint density at radius 1 is 1.12 bits per heavy atom. The molecule has 1 heterocycles. The molecule has 7 heteroatoms. The monoisotopic (exact) mass is 359 g/mol. The molecule has 3 aromatic rings. The maximum absolute atomic E-state index is 12.9. The van der Waals surface area contributed by atoms with Gasteiger partial charge in [0.2, 0.25) is 0 Å². The van der Waals surface area contributed by atoms with E-state index in [0.717, 1.165) is 28.6 Å². The summed E-state index contributed by atoms with van der Waals surface area (Å²) < 4.78 is 38.8. The summed E-state index contributed by atoms with van der Waals surface area (Å²) >= 11 is 0. The first-order chi connectivity index (χ1) is 12.4. The number of H-pyrrole nitrogens is 1. The number of hydrogen-bond acceptors (Lipinski definition) is 1. The minimum Gasteiger partial charge on any atom is -0.361 e. The molecule has 0 spiro atoms. The molecule has 1 atom stereocenters. The van der Waals surface area contributed by atoms with Crippen LogP contribution in [0.3, 0.4) is 0 Å². The van der Waals surface area contributed by atoms with E-state index in [-0.39, 0.29) is 0 Å². The lowest BCUT2D eigenvalue weighted by Crippen LogP contribution is -2.31. The van der Waals surface area contributed by atoms with Gasteiger partial charge in [-0.15, -0.1) is 0 Å². The van der Waals surface area contributed by atoms with E-state index in [1.165, 1.54) is 6.07 Å². The topological polar surface area (TPSA) is 56.9 Å². The van der Waals surface area contributed by atoms with Crippen molar-refractivity contribution in [3.8, 4) is 0 Å². The molecule has 3 N–H and O–H groups in total. The second-order valence-corrected chi connectivity index (χ2v) is 6.38. The van der Waals surface area contributed by atoms with Gasteiger partial charge in [0.05, 0.1) is 11.6 Å². The first kappa shape index (κ1) is 16.5. The van der Waals surface area contributed by atoms with Crippen LogP contribution in [0.15, 0.2) is 48.7 Å². The van der Waals surface area contributed by atoms with Crippen molar-refractivity contribution in [1.82, 2.24) is 10.3 Å². The predicted molar refractivity (Wildman–Crippen MR) is 93.0 cm³/mol. The number of urea groups is 1. The smallest absolute Gasteiger partial charge is 0.361 e. The summed E-state index contributed by atoms with van der Waals surface area (Å²) in [5.41, 5.74) is 2.27. The number of aromatic amines is 1. The summed E-state index contributed by atoms with van der Waals surface area (Å²) in [7, 11) is 0. The van der Waals surface area contributed by atoms with Gasteiger partial charge in [-0.1, -0.05) is 6.07 Å². The Bertz CT molecular complexity index is 978. The molecular weight excluding hydrogens is 343 g/mol.